The van der Waals surface area contributed by atoms with Gasteiger partial charge in [0.15, 0.2) is 0 Å². The summed E-state index contributed by atoms with van der Waals surface area (Å²) < 4.78 is 2.30. The second-order valence-electron chi connectivity index (χ2n) is 5.26. The molecule has 3 nitrogen and oxygen atoms in total. The first-order chi connectivity index (χ1) is 9.74. The van der Waals surface area contributed by atoms with Crippen LogP contribution >= 0.6 is 11.6 Å². The highest BCUT2D eigenvalue weighted by molar-refractivity contribution is 6.31. The summed E-state index contributed by atoms with van der Waals surface area (Å²) in [5, 5.41) is 0.713. The van der Waals surface area contributed by atoms with Crippen molar-refractivity contribution >= 4 is 28.3 Å². The normalized spacial score (nSPS) is 14.8. The van der Waals surface area contributed by atoms with Gasteiger partial charge in [-0.2, -0.15) is 0 Å². The van der Waals surface area contributed by atoms with E-state index in [1.54, 1.807) is 0 Å². The fourth-order valence-corrected chi connectivity index (χ4v) is 2.83. The summed E-state index contributed by atoms with van der Waals surface area (Å²) in [6, 6.07) is 14.3. The number of fused-ring (bicyclic) bond motifs is 1. The predicted octanol–water partition coefficient (Wildman–Crippen LogP) is 4.27. The number of hydrogen-bond donors (Lipinski definition) is 1. The summed E-state index contributed by atoms with van der Waals surface area (Å²) in [6.45, 7) is 0. The number of benzene rings is 2. The number of rotatable bonds is 2. The predicted molar refractivity (Wildman–Crippen MR) is 82.9 cm³/mol. The van der Waals surface area contributed by atoms with Crippen LogP contribution in [0.5, 0.6) is 0 Å². The van der Waals surface area contributed by atoms with Crippen LogP contribution in [0.15, 0.2) is 42.5 Å². The van der Waals surface area contributed by atoms with E-state index in [9.17, 15) is 0 Å². The van der Waals surface area contributed by atoms with E-state index in [-0.39, 0.29) is 0 Å². The van der Waals surface area contributed by atoms with Gasteiger partial charge in [-0.3, -0.25) is 0 Å². The number of imidazole rings is 1. The second kappa shape index (κ2) is 4.25. The molecule has 20 heavy (non-hydrogen) atoms. The van der Waals surface area contributed by atoms with Crippen molar-refractivity contribution < 1.29 is 0 Å². The van der Waals surface area contributed by atoms with Crippen LogP contribution in [-0.2, 0) is 0 Å². The summed E-state index contributed by atoms with van der Waals surface area (Å²) in [7, 11) is 0. The van der Waals surface area contributed by atoms with Crippen molar-refractivity contribution in [3.8, 4) is 11.4 Å². The molecule has 4 rings (SSSR count). The Morgan fingerprint density at radius 1 is 1.15 bits per heavy atom. The number of hydrogen-bond acceptors (Lipinski definition) is 2. The van der Waals surface area contributed by atoms with Crippen LogP contribution in [0.1, 0.15) is 18.9 Å². The molecule has 2 N–H and O–H groups in total. The molecule has 0 spiro atoms. The third-order valence-electron chi connectivity index (χ3n) is 3.77. The lowest BCUT2D eigenvalue weighted by molar-refractivity contribution is 0.775. The molecular weight excluding hydrogens is 270 g/mol. The molecule has 0 saturated heterocycles. The van der Waals surface area contributed by atoms with Gasteiger partial charge in [-0.15, -0.1) is 0 Å². The lowest BCUT2D eigenvalue weighted by Crippen LogP contribution is -1.99. The first-order valence-corrected chi connectivity index (χ1v) is 7.14. The number of anilines is 1. The van der Waals surface area contributed by atoms with Crippen molar-refractivity contribution in [3.63, 3.8) is 0 Å². The van der Waals surface area contributed by atoms with Gasteiger partial charge in [0.2, 0.25) is 0 Å². The molecule has 0 bridgehead atoms. The third-order valence-corrected chi connectivity index (χ3v) is 4.00. The van der Waals surface area contributed by atoms with Crippen LogP contribution in [-0.4, -0.2) is 9.55 Å². The Hall–Kier alpha value is -2.00. The molecule has 4 heteroatoms. The maximum Gasteiger partial charge on any atom is 0.143 e. The van der Waals surface area contributed by atoms with Crippen LogP contribution in [0.4, 0.5) is 5.69 Å². The molecule has 1 aliphatic rings. The zero-order valence-corrected chi connectivity index (χ0v) is 11.6. The third kappa shape index (κ3) is 1.78. The summed E-state index contributed by atoms with van der Waals surface area (Å²) in [6.07, 6.45) is 2.40. The van der Waals surface area contributed by atoms with Gasteiger partial charge in [0.1, 0.15) is 5.82 Å². The molecule has 1 heterocycles. The number of halogens is 1. The minimum Gasteiger partial charge on any atom is -0.398 e. The minimum atomic E-state index is 0.538. The van der Waals surface area contributed by atoms with Crippen molar-refractivity contribution in [2.45, 2.75) is 18.9 Å². The molecular formula is C16H14ClN3. The van der Waals surface area contributed by atoms with Crippen LogP contribution in [0.25, 0.3) is 22.4 Å². The van der Waals surface area contributed by atoms with Crippen molar-refractivity contribution in [1.29, 1.82) is 0 Å². The van der Waals surface area contributed by atoms with E-state index >= 15 is 0 Å². The van der Waals surface area contributed by atoms with E-state index in [4.69, 9.17) is 22.3 Å². The Morgan fingerprint density at radius 3 is 2.70 bits per heavy atom. The first-order valence-electron chi connectivity index (χ1n) is 6.76. The maximum absolute atomic E-state index is 6.11. The van der Waals surface area contributed by atoms with E-state index in [1.807, 2.05) is 42.5 Å². The molecule has 2 aromatic carbocycles. The Balaban J connectivity index is 2.03. The monoisotopic (exact) mass is 283 g/mol. The lowest BCUT2D eigenvalue weighted by atomic mass is 10.1. The van der Waals surface area contributed by atoms with Crippen LogP contribution in [0.3, 0.4) is 0 Å². The number of nitrogen functional groups attached to an aromatic ring is 1. The summed E-state index contributed by atoms with van der Waals surface area (Å²) in [5.41, 5.74) is 9.93. The van der Waals surface area contributed by atoms with Crippen LogP contribution in [0, 0.1) is 0 Å². The van der Waals surface area contributed by atoms with Gasteiger partial charge in [0.25, 0.3) is 0 Å². The van der Waals surface area contributed by atoms with E-state index in [0.29, 0.717) is 11.1 Å². The SMILES string of the molecule is Nc1ccccc1-c1nc2cc(Cl)ccc2n1C1CC1. The molecule has 1 saturated carbocycles. The highest BCUT2D eigenvalue weighted by Crippen LogP contribution is 2.42. The fraction of sp³-hybridized carbons (Fsp3) is 0.188. The fourth-order valence-electron chi connectivity index (χ4n) is 2.66. The lowest BCUT2D eigenvalue weighted by Gasteiger charge is -2.09. The topological polar surface area (TPSA) is 43.8 Å². The molecule has 0 unspecified atom stereocenters. The molecule has 0 amide bonds. The smallest absolute Gasteiger partial charge is 0.143 e. The van der Waals surface area contributed by atoms with Crippen LogP contribution < -0.4 is 5.73 Å². The molecule has 0 radical (unpaired) electrons. The average molecular weight is 284 g/mol. The maximum atomic E-state index is 6.11. The number of para-hydroxylation sites is 1. The zero-order chi connectivity index (χ0) is 13.7. The zero-order valence-electron chi connectivity index (χ0n) is 10.9. The molecule has 1 aliphatic carbocycles. The highest BCUT2D eigenvalue weighted by atomic mass is 35.5. The number of nitrogens with two attached hydrogens (primary N) is 1. The number of nitrogens with zero attached hydrogens (tertiary/aromatic N) is 2. The quantitative estimate of drug-likeness (QED) is 0.714. The Kier molecular flexibility index (Phi) is 2.51. The summed E-state index contributed by atoms with van der Waals surface area (Å²) in [5.74, 6) is 0.947. The van der Waals surface area contributed by atoms with Gasteiger partial charge in [0, 0.05) is 22.3 Å². The van der Waals surface area contributed by atoms with E-state index in [1.165, 1.54) is 12.8 Å². The van der Waals surface area contributed by atoms with Crippen LogP contribution in [0.2, 0.25) is 5.02 Å². The van der Waals surface area contributed by atoms with E-state index in [0.717, 1.165) is 28.1 Å². The van der Waals surface area contributed by atoms with Crippen molar-refractivity contribution in [2.75, 3.05) is 5.73 Å². The van der Waals surface area contributed by atoms with Gasteiger partial charge in [-0.25, -0.2) is 4.98 Å². The van der Waals surface area contributed by atoms with E-state index in [2.05, 4.69) is 4.57 Å². The van der Waals surface area contributed by atoms with Crippen molar-refractivity contribution in [1.82, 2.24) is 9.55 Å². The summed E-state index contributed by atoms with van der Waals surface area (Å²) >= 11 is 6.08. The Bertz CT molecular complexity index is 803. The van der Waals surface area contributed by atoms with E-state index < -0.39 is 0 Å². The summed E-state index contributed by atoms with van der Waals surface area (Å²) in [4.78, 5) is 4.76. The van der Waals surface area contributed by atoms with Crippen molar-refractivity contribution in [3.05, 3.63) is 47.5 Å². The van der Waals surface area contributed by atoms with Gasteiger partial charge in [-0.1, -0.05) is 23.7 Å². The highest BCUT2D eigenvalue weighted by Gasteiger charge is 2.29. The Labute approximate surface area is 122 Å². The first kappa shape index (κ1) is 11.8. The molecule has 3 aromatic rings. The molecule has 1 fully saturated rings. The van der Waals surface area contributed by atoms with Gasteiger partial charge in [0.05, 0.1) is 11.0 Å². The Morgan fingerprint density at radius 2 is 1.95 bits per heavy atom. The number of aromatic nitrogens is 2. The molecule has 0 atom stereocenters. The van der Waals surface area contributed by atoms with Gasteiger partial charge in [-0.05, 0) is 43.2 Å². The standard InChI is InChI=1S/C16H14ClN3/c17-10-5-8-15-14(9-10)19-16(20(15)11-6-7-11)12-3-1-2-4-13(12)18/h1-5,8-9,11H,6-7,18H2. The van der Waals surface area contributed by atoms with Crippen molar-refractivity contribution in [2.24, 2.45) is 0 Å². The average Bonchev–Trinajstić information content (AvgIpc) is 3.20. The molecule has 1 aromatic heterocycles. The molecule has 0 aliphatic heterocycles. The second-order valence-corrected chi connectivity index (χ2v) is 5.69. The largest absolute Gasteiger partial charge is 0.398 e. The van der Waals surface area contributed by atoms with Gasteiger partial charge >= 0.3 is 0 Å². The van der Waals surface area contributed by atoms with Gasteiger partial charge < -0.3 is 10.3 Å². The molecule has 100 valence electrons. The minimum absolute atomic E-state index is 0.538.